The molecular formula is C20H27NO3. The van der Waals surface area contributed by atoms with Crippen molar-refractivity contribution in [3.05, 3.63) is 40.6 Å². The highest BCUT2D eigenvalue weighted by atomic mass is 16.5. The molecule has 2 rings (SSSR count). The van der Waals surface area contributed by atoms with Gasteiger partial charge in [-0.05, 0) is 45.0 Å². The molecular weight excluding hydrogens is 302 g/mol. The first-order valence-corrected chi connectivity index (χ1v) is 8.41. The molecule has 1 aliphatic carbocycles. The van der Waals surface area contributed by atoms with Gasteiger partial charge in [-0.1, -0.05) is 37.6 Å². The van der Waals surface area contributed by atoms with Crippen molar-refractivity contribution in [2.75, 3.05) is 20.6 Å². The Morgan fingerprint density at radius 2 is 1.92 bits per heavy atom. The Morgan fingerprint density at radius 3 is 2.50 bits per heavy atom. The summed E-state index contributed by atoms with van der Waals surface area (Å²) in [6.45, 7) is 8.26. The largest absolute Gasteiger partial charge is 0.429 e. The van der Waals surface area contributed by atoms with E-state index in [4.69, 9.17) is 4.74 Å². The molecule has 0 heterocycles. The van der Waals surface area contributed by atoms with Gasteiger partial charge in [0.15, 0.2) is 5.78 Å². The molecule has 0 fully saturated rings. The summed E-state index contributed by atoms with van der Waals surface area (Å²) < 4.78 is 5.69. The summed E-state index contributed by atoms with van der Waals surface area (Å²) in [5.41, 5.74) is 3.62. The molecule has 1 aromatic carbocycles. The number of hydrogen-bond donors (Lipinski definition) is 0. The molecule has 4 nitrogen and oxygen atoms in total. The van der Waals surface area contributed by atoms with Crippen molar-refractivity contribution in [1.29, 1.82) is 0 Å². The Morgan fingerprint density at radius 1 is 1.25 bits per heavy atom. The van der Waals surface area contributed by atoms with E-state index in [0.29, 0.717) is 17.8 Å². The van der Waals surface area contributed by atoms with E-state index in [1.165, 1.54) is 0 Å². The number of allylic oxidation sites excluding steroid dienone is 2. The van der Waals surface area contributed by atoms with Crippen LogP contribution < -0.4 is 0 Å². The van der Waals surface area contributed by atoms with Crippen molar-refractivity contribution >= 4 is 17.3 Å². The maximum Gasteiger partial charge on any atom is 0.325 e. The Labute approximate surface area is 144 Å². The quantitative estimate of drug-likeness (QED) is 0.795. The van der Waals surface area contributed by atoms with Crippen LogP contribution in [0.4, 0.5) is 0 Å². The van der Waals surface area contributed by atoms with E-state index < -0.39 is 0 Å². The van der Waals surface area contributed by atoms with Gasteiger partial charge < -0.3 is 4.74 Å². The number of ketones is 1. The van der Waals surface area contributed by atoms with Crippen LogP contribution in [0.3, 0.4) is 0 Å². The SMILES string of the molecule is Cc1ccc(C2=C(OC(=O)CN(C)C)C(C)C(C)CC2=O)c(C)c1. The van der Waals surface area contributed by atoms with Gasteiger partial charge in [0.25, 0.3) is 0 Å². The van der Waals surface area contributed by atoms with E-state index in [2.05, 4.69) is 6.07 Å². The van der Waals surface area contributed by atoms with Crippen LogP contribution in [0.15, 0.2) is 24.0 Å². The van der Waals surface area contributed by atoms with E-state index >= 15 is 0 Å². The zero-order chi connectivity index (χ0) is 18.0. The predicted octanol–water partition coefficient (Wildman–Crippen LogP) is 3.36. The molecule has 0 amide bonds. The molecule has 0 aliphatic heterocycles. The monoisotopic (exact) mass is 329 g/mol. The van der Waals surface area contributed by atoms with Crippen LogP contribution in [0.5, 0.6) is 0 Å². The molecule has 0 saturated carbocycles. The third-order valence-electron chi connectivity index (χ3n) is 4.62. The van der Waals surface area contributed by atoms with Crippen molar-refractivity contribution in [3.63, 3.8) is 0 Å². The maximum atomic E-state index is 12.7. The highest BCUT2D eigenvalue weighted by Gasteiger charge is 2.35. The minimum atomic E-state index is -0.328. The van der Waals surface area contributed by atoms with E-state index in [1.54, 1.807) is 4.90 Å². The Balaban J connectivity index is 2.53. The number of hydrogen-bond acceptors (Lipinski definition) is 4. The topological polar surface area (TPSA) is 46.6 Å². The highest BCUT2D eigenvalue weighted by molar-refractivity contribution is 6.22. The summed E-state index contributed by atoms with van der Waals surface area (Å²) >= 11 is 0. The fourth-order valence-electron chi connectivity index (χ4n) is 3.13. The number of Topliss-reactive ketones (excluding diaryl/α,β-unsaturated/α-hetero) is 1. The number of likely N-dealkylation sites (N-methyl/N-ethyl adjacent to an activating group) is 1. The molecule has 1 aliphatic rings. The van der Waals surface area contributed by atoms with Crippen LogP contribution in [-0.4, -0.2) is 37.3 Å². The maximum absolute atomic E-state index is 12.7. The van der Waals surface area contributed by atoms with Gasteiger partial charge in [-0.15, -0.1) is 0 Å². The Bertz CT molecular complexity index is 688. The second-order valence-electron chi connectivity index (χ2n) is 7.16. The van der Waals surface area contributed by atoms with Gasteiger partial charge >= 0.3 is 5.97 Å². The predicted molar refractivity (Wildman–Crippen MR) is 95.4 cm³/mol. The second kappa shape index (κ2) is 7.31. The lowest BCUT2D eigenvalue weighted by Gasteiger charge is -2.30. The second-order valence-corrected chi connectivity index (χ2v) is 7.16. The molecule has 1 aromatic rings. The Hall–Kier alpha value is -1.94. The molecule has 0 bridgehead atoms. The van der Waals surface area contributed by atoms with Crippen LogP contribution in [0, 0.1) is 25.7 Å². The molecule has 0 N–H and O–H groups in total. The lowest BCUT2D eigenvalue weighted by molar-refractivity contribution is -0.141. The van der Waals surface area contributed by atoms with E-state index in [1.807, 2.05) is 53.9 Å². The third-order valence-corrected chi connectivity index (χ3v) is 4.62. The van der Waals surface area contributed by atoms with Gasteiger partial charge in [0.1, 0.15) is 5.76 Å². The van der Waals surface area contributed by atoms with Gasteiger partial charge in [0.05, 0.1) is 12.1 Å². The van der Waals surface area contributed by atoms with Gasteiger partial charge in [0, 0.05) is 12.3 Å². The molecule has 0 radical (unpaired) electrons. The van der Waals surface area contributed by atoms with Crippen LogP contribution in [-0.2, 0) is 14.3 Å². The first-order chi connectivity index (χ1) is 11.2. The molecule has 2 atom stereocenters. The van der Waals surface area contributed by atoms with E-state index in [0.717, 1.165) is 16.7 Å². The highest BCUT2D eigenvalue weighted by Crippen LogP contribution is 2.38. The number of carbonyl (C=O) groups is 2. The first-order valence-electron chi connectivity index (χ1n) is 8.41. The summed E-state index contributed by atoms with van der Waals surface area (Å²) in [5.74, 6) is 0.447. The third kappa shape index (κ3) is 3.93. The fourth-order valence-corrected chi connectivity index (χ4v) is 3.13. The fraction of sp³-hybridized carbons (Fsp3) is 0.500. The average molecular weight is 329 g/mol. The van der Waals surface area contributed by atoms with Crippen molar-refractivity contribution in [3.8, 4) is 0 Å². The number of nitrogens with zero attached hydrogens (tertiary/aromatic N) is 1. The summed E-state index contributed by atoms with van der Waals surface area (Å²) in [7, 11) is 3.64. The molecule has 0 saturated heterocycles. The van der Waals surface area contributed by atoms with Crippen LogP contribution in [0.1, 0.15) is 37.0 Å². The normalized spacial score (nSPS) is 21.4. The average Bonchev–Trinajstić information content (AvgIpc) is 2.45. The van der Waals surface area contributed by atoms with Crippen molar-refractivity contribution in [2.45, 2.75) is 34.1 Å². The molecule has 130 valence electrons. The summed E-state index contributed by atoms with van der Waals surface area (Å²) in [5, 5.41) is 0. The summed E-state index contributed by atoms with van der Waals surface area (Å²) in [4.78, 5) is 26.7. The molecule has 24 heavy (non-hydrogen) atoms. The Kier molecular flexibility index (Phi) is 5.60. The number of carbonyl (C=O) groups excluding carboxylic acids is 2. The lowest BCUT2D eigenvalue weighted by Crippen LogP contribution is -2.30. The number of esters is 1. The standard InChI is InChI=1S/C20H27NO3/c1-12-7-8-16(14(3)9-12)19-17(22)10-13(2)15(4)20(19)24-18(23)11-21(5)6/h7-9,13,15H,10-11H2,1-6H3. The van der Waals surface area contributed by atoms with Gasteiger partial charge in [-0.3, -0.25) is 14.5 Å². The van der Waals surface area contributed by atoms with E-state index in [-0.39, 0.29) is 30.1 Å². The van der Waals surface area contributed by atoms with Crippen LogP contribution in [0.25, 0.3) is 5.57 Å². The minimum Gasteiger partial charge on any atom is -0.429 e. The van der Waals surface area contributed by atoms with Crippen LogP contribution in [0.2, 0.25) is 0 Å². The van der Waals surface area contributed by atoms with E-state index in [9.17, 15) is 9.59 Å². The van der Waals surface area contributed by atoms with Crippen molar-refractivity contribution in [1.82, 2.24) is 4.90 Å². The summed E-state index contributed by atoms with van der Waals surface area (Å²) in [6, 6.07) is 6.00. The molecule has 0 aromatic heterocycles. The zero-order valence-corrected chi connectivity index (χ0v) is 15.5. The number of ether oxygens (including phenoxy) is 1. The van der Waals surface area contributed by atoms with Crippen molar-refractivity contribution < 1.29 is 14.3 Å². The minimum absolute atomic E-state index is 0.0320. The van der Waals surface area contributed by atoms with Crippen LogP contribution >= 0.6 is 0 Å². The van der Waals surface area contributed by atoms with Gasteiger partial charge in [0.2, 0.25) is 0 Å². The van der Waals surface area contributed by atoms with Gasteiger partial charge in [-0.25, -0.2) is 0 Å². The lowest BCUT2D eigenvalue weighted by atomic mass is 9.77. The number of aryl methyl sites for hydroxylation is 2. The van der Waals surface area contributed by atoms with Crippen molar-refractivity contribution in [2.24, 2.45) is 11.8 Å². The zero-order valence-electron chi connectivity index (χ0n) is 15.5. The number of rotatable bonds is 4. The van der Waals surface area contributed by atoms with Gasteiger partial charge in [-0.2, -0.15) is 0 Å². The molecule has 0 spiro atoms. The molecule has 4 heteroatoms. The molecule has 2 unspecified atom stereocenters. The summed E-state index contributed by atoms with van der Waals surface area (Å²) in [6.07, 6.45) is 0.485. The smallest absolute Gasteiger partial charge is 0.325 e. The number of benzene rings is 1. The first kappa shape index (κ1) is 18.4.